The highest BCUT2D eigenvalue weighted by molar-refractivity contribution is 6.07. The molecule has 0 heterocycles. The van der Waals surface area contributed by atoms with Crippen LogP contribution in [0.3, 0.4) is 0 Å². The number of rotatable bonds is 9. The zero-order valence-corrected chi connectivity index (χ0v) is 12.3. The molecule has 0 fully saturated rings. The molecule has 1 aromatic carbocycles. The lowest BCUT2D eigenvalue weighted by molar-refractivity contribution is -0.121. The molecule has 21 heavy (non-hydrogen) atoms. The fraction of sp³-hybridized carbons (Fsp3) is 0.467. The summed E-state index contributed by atoms with van der Waals surface area (Å²) in [4.78, 5) is 12.2. The summed E-state index contributed by atoms with van der Waals surface area (Å²) >= 11 is 0. The Hall–Kier alpha value is -2.08. The molecule has 1 aromatic rings. The smallest absolute Gasteiger partial charge is 0.235 e. The highest BCUT2D eigenvalue weighted by atomic mass is 16.5. The number of nitrogens with zero attached hydrogens (tertiary/aromatic N) is 1. The molecule has 1 unspecified atom stereocenters. The van der Waals surface area contributed by atoms with E-state index < -0.39 is 5.92 Å². The number of amides is 1. The van der Waals surface area contributed by atoms with Crippen LogP contribution >= 0.6 is 0 Å². The van der Waals surface area contributed by atoms with Crippen LogP contribution in [0.4, 0.5) is 0 Å². The van der Waals surface area contributed by atoms with Gasteiger partial charge < -0.3 is 21.0 Å². The number of nitrogens with one attached hydrogen (secondary N) is 1. The van der Waals surface area contributed by atoms with Crippen LogP contribution in [0.1, 0.15) is 30.7 Å². The van der Waals surface area contributed by atoms with Crippen LogP contribution < -0.4 is 11.1 Å². The lowest BCUT2D eigenvalue weighted by Crippen LogP contribution is -2.37. The third kappa shape index (κ3) is 5.83. The number of ether oxygens (including phenoxy) is 1. The van der Waals surface area contributed by atoms with Crippen LogP contribution in [0.25, 0.3) is 0 Å². The number of hydrogen-bond acceptors (Lipinski definition) is 4. The Morgan fingerprint density at radius 1 is 1.33 bits per heavy atom. The summed E-state index contributed by atoms with van der Waals surface area (Å²) < 4.78 is 4.96. The number of nitrogens with two attached hydrogens (primary N) is 1. The zero-order valence-electron chi connectivity index (χ0n) is 12.3. The Kier molecular flexibility index (Phi) is 7.89. The third-order valence-corrected chi connectivity index (χ3v) is 3.13. The zero-order chi connectivity index (χ0) is 15.5. The van der Waals surface area contributed by atoms with Gasteiger partial charge in [-0.3, -0.25) is 4.79 Å². The highest BCUT2D eigenvalue weighted by Crippen LogP contribution is 2.16. The van der Waals surface area contributed by atoms with E-state index in [1.165, 1.54) is 0 Å². The molecule has 0 spiro atoms. The second-order valence-electron chi connectivity index (χ2n) is 4.71. The van der Waals surface area contributed by atoms with Crippen LogP contribution in [0.5, 0.6) is 0 Å². The lowest BCUT2D eigenvalue weighted by atomic mass is 9.97. The lowest BCUT2D eigenvalue weighted by Gasteiger charge is -2.15. The molecule has 0 aliphatic rings. The number of methoxy groups -OCH3 is 1. The van der Waals surface area contributed by atoms with Gasteiger partial charge in [0, 0.05) is 20.3 Å². The van der Waals surface area contributed by atoms with Crippen molar-refractivity contribution in [2.45, 2.75) is 25.2 Å². The van der Waals surface area contributed by atoms with Crippen molar-refractivity contribution in [1.29, 1.82) is 0 Å². The van der Waals surface area contributed by atoms with E-state index in [0.717, 1.165) is 25.9 Å². The maximum atomic E-state index is 12.2. The summed E-state index contributed by atoms with van der Waals surface area (Å²) in [6.07, 6.45) is 2.81. The SMILES string of the molecule is COCCCCCNC(=O)C(/C(N)=N/O)c1ccccc1. The van der Waals surface area contributed by atoms with E-state index in [1.807, 2.05) is 18.2 Å². The average Bonchev–Trinajstić information content (AvgIpc) is 2.51. The van der Waals surface area contributed by atoms with E-state index in [0.29, 0.717) is 12.1 Å². The summed E-state index contributed by atoms with van der Waals surface area (Å²) in [5, 5.41) is 14.6. The van der Waals surface area contributed by atoms with Gasteiger partial charge in [0.05, 0.1) is 0 Å². The number of oxime groups is 1. The number of benzene rings is 1. The predicted molar refractivity (Wildman–Crippen MR) is 81.3 cm³/mol. The topological polar surface area (TPSA) is 96.9 Å². The number of carbonyl (C=O) groups is 1. The second-order valence-corrected chi connectivity index (χ2v) is 4.71. The van der Waals surface area contributed by atoms with Crippen LogP contribution in [0, 0.1) is 0 Å². The van der Waals surface area contributed by atoms with Gasteiger partial charge in [0.1, 0.15) is 5.92 Å². The third-order valence-electron chi connectivity index (χ3n) is 3.13. The first-order valence-electron chi connectivity index (χ1n) is 6.99. The average molecular weight is 293 g/mol. The molecule has 0 aromatic heterocycles. The minimum absolute atomic E-state index is 0.113. The first kappa shape index (κ1) is 17.0. The molecule has 4 N–H and O–H groups in total. The first-order valence-corrected chi connectivity index (χ1v) is 6.99. The molecule has 0 aliphatic carbocycles. The molecule has 6 nitrogen and oxygen atoms in total. The molecular formula is C15H23N3O3. The van der Waals surface area contributed by atoms with Crippen molar-refractivity contribution in [2.24, 2.45) is 10.9 Å². The Bertz CT molecular complexity index is 449. The molecule has 0 saturated carbocycles. The van der Waals surface area contributed by atoms with Crippen molar-refractivity contribution >= 4 is 11.7 Å². The van der Waals surface area contributed by atoms with E-state index in [-0.39, 0.29) is 11.7 Å². The van der Waals surface area contributed by atoms with Gasteiger partial charge in [0.2, 0.25) is 5.91 Å². The summed E-state index contributed by atoms with van der Waals surface area (Å²) in [6, 6.07) is 9.03. The molecule has 116 valence electrons. The van der Waals surface area contributed by atoms with E-state index in [4.69, 9.17) is 15.7 Å². The molecule has 0 radical (unpaired) electrons. The Balaban J connectivity index is 2.54. The largest absolute Gasteiger partial charge is 0.409 e. The summed E-state index contributed by atoms with van der Waals surface area (Å²) in [5.74, 6) is -1.14. The minimum Gasteiger partial charge on any atom is -0.409 e. The molecule has 1 amide bonds. The number of unbranched alkanes of at least 4 members (excludes halogenated alkanes) is 2. The monoisotopic (exact) mass is 293 g/mol. The second kappa shape index (κ2) is 9.77. The van der Waals surface area contributed by atoms with Crippen molar-refractivity contribution < 1.29 is 14.7 Å². The minimum atomic E-state index is -0.768. The molecule has 1 atom stereocenters. The fourth-order valence-corrected chi connectivity index (χ4v) is 2.02. The van der Waals surface area contributed by atoms with Crippen molar-refractivity contribution in [1.82, 2.24) is 5.32 Å². The van der Waals surface area contributed by atoms with Gasteiger partial charge in [0.15, 0.2) is 5.84 Å². The predicted octanol–water partition coefficient (Wildman–Crippen LogP) is 1.45. The van der Waals surface area contributed by atoms with Crippen LogP contribution in [0.15, 0.2) is 35.5 Å². The molecule has 0 aliphatic heterocycles. The van der Waals surface area contributed by atoms with Gasteiger partial charge in [-0.2, -0.15) is 0 Å². The number of hydrogen-bond donors (Lipinski definition) is 3. The Labute approximate surface area is 125 Å². The van der Waals surface area contributed by atoms with Gasteiger partial charge in [-0.15, -0.1) is 0 Å². The van der Waals surface area contributed by atoms with E-state index in [2.05, 4.69) is 10.5 Å². The van der Waals surface area contributed by atoms with Crippen molar-refractivity contribution in [3.8, 4) is 0 Å². The Morgan fingerprint density at radius 3 is 2.67 bits per heavy atom. The molecule has 0 saturated heterocycles. The normalized spacial score (nSPS) is 12.9. The van der Waals surface area contributed by atoms with Crippen LogP contribution in [-0.4, -0.2) is 37.2 Å². The molecule has 1 rings (SSSR count). The van der Waals surface area contributed by atoms with Gasteiger partial charge >= 0.3 is 0 Å². The van der Waals surface area contributed by atoms with E-state index >= 15 is 0 Å². The van der Waals surface area contributed by atoms with Crippen molar-refractivity contribution in [2.75, 3.05) is 20.3 Å². The van der Waals surface area contributed by atoms with E-state index in [9.17, 15) is 4.79 Å². The first-order chi connectivity index (χ1) is 10.2. The van der Waals surface area contributed by atoms with Crippen LogP contribution in [0.2, 0.25) is 0 Å². The van der Waals surface area contributed by atoms with Crippen LogP contribution in [-0.2, 0) is 9.53 Å². The van der Waals surface area contributed by atoms with Gasteiger partial charge in [-0.25, -0.2) is 0 Å². The quantitative estimate of drug-likeness (QED) is 0.211. The highest BCUT2D eigenvalue weighted by Gasteiger charge is 2.24. The summed E-state index contributed by atoms with van der Waals surface area (Å²) in [7, 11) is 1.67. The number of amidine groups is 1. The standard InChI is InChI=1S/C15H23N3O3/c1-21-11-7-3-6-10-17-15(19)13(14(16)18-20)12-8-4-2-5-9-12/h2,4-5,8-9,13,20H,3,6-7,10-11H2,1H3,(H2,16,18)(H,17,19). The van der Waals surface area contributed by atoms with Gasteiger partial charge in [-0.05, 0) is 24.8 Å². The van der Waals surface area contributed by atoms with Crippen molar-refractivity contribution in [3.63, 3.8) is 0 Å². The molecular weight excluding hydrogens is 270 g/mol. The fourth-order valence-electron chi connectivity index (χ4n) is 2.02. The van der Waals surface area contributed by atoms with Crippen molar-refractivity contribution in [3.05, 3.63) is 35.9 Å². The Morgan fingerprint density at radius 2 is 2.05 bits per heavy atom. The summed E-state index contributed by atoms with van der Waals surface area (Å²) in [5.41, 5.74) is 6.34. The maximum absolute atomic E-state index is 12.2. The number of carbonyl (C=O) groups excluding carboxylic acids is 1. The molecule has 0 bridgehead atoms. The van der Waals surface area contributed by atoms with Gasteiger partial charge in [-0.1, -0.05) is 35.5 Å². The molecule has 6 heteroatoms. The maximum Gasteiger partial charge on any atom is 0.235 e. The summed E-state index contributed by atoms with van der Waals surface area (Å²) in [6.45, 7) is 1.29. The van der Waals surface area contributed by atoms with Gasteiger partial charge in [0.25, 0.3) is 0 Å². The van der Waals surface area contributed by atoms with E-state index in [1.54, 1.807) is 19.2 Å².